The fraction of sp³-hybridized carbons (Fsp3) is 0.462. The molecule has 0 radical (unpaired) electrons. The average Bonchev–Trinajstić information content (AvgIpc) is 2.21. The number of Topliss-reactive ketones (excluding diaryl/α,β-unsaturated/α-hetero) is 1. The summed E-state index contributed by atoms with van der Waals surface area (Å²) < 4.78 is 38.0. The van der Waals surface area contributed by atoms with Crippen LogP contribution in [0.15, 0.2) is 12.1 Å². The molecule has 0 amide bonds. The van der Waals surface area contributed by atoms with E-state index >= 15 is 0 Å². The molecular formula is C13H13F3O3. The average molecular weight is 274 g/mol. The van der Waals surface area contributed by atoms with Gasteiger partial charge in [0, 0.05) is 6.42 Å². The number of phenols is 2. The molecule has 1 aliphatic carbocycles. The number of halogens is 3. The van der Waals surface area contributed by atoms with Gasteiger partial charge in [0.05, 0.1) is 5.56 Å². The third kappa shape index (κ3) is 2.67. The predicted octanol–water partition coefficient (Wildman–Crippen LogP) is 3.49. The zero-order valence-corrected chi connectivity index (χ0v) is 10.00. The van der Waals surface area contributed by atoms with E-state index in [-0.39, 0.29) is 17.9 Å². The minimum Gasteiger partial charge on any atom is -0.507 e. The first-order valence-electron chi connectivity index (χ1n) is 5.96. The summed E-state index contributed by atoms with van der Waals surface area (Å²) in [5, 5.41) is 18.8. The number of alkyl halides is 3. The van der Waals surface area contributed by atoms with Crippen molar-refractivity contribution in [2.24, 2.45) is 5.92 Å². The van der Waals surface area contributed by atoms with E-state index in [4.69, 9.17) is 0 Å². The fourth-order valence-electron chi connectivity index (χ4n) is 2.15. The number of hydrogen-bond acceptors (Lipinski definition) is 3. The lowest BCUT2D eigenvalue weighted by Gasteiger charge is -2.24. The lowest BCUT2D eigenvalue weighted by Crippen LogP contribution is -2.17. The third-order valence-electron chi connectivity index (χ3n) is 3.44. The summed E-state index contributed by atoms with van der Waals surface area (Å²) in [4.78, 5) is 11.9. The maximum atomic E-state index is 12.7. The van der Waals surface area contributed by atoms with Crippen LogP contribution < -0.4 is 0 Å². The molecule has 1 saturated carbocycles. The summed E-state index contributed by atoms with van der Waals surface area (Å²) in [6.07, 6.45) is -1.97. The molecule has 3 nitrogen and oxygen atoms in total. The van der Waals surface area contributed by atoms with Crippen LogP contribution in [0, 0.1) is 5.92 Å². The van der Waals surface area contributed by atoms with E-state index in [1.165, 1.54) is 0 Å². The first kappa shape index (κ1) is 13.7. The highest BCUT2D eigenvalue weighted by atomic mass is 19.4. The van der Waals surface area contributed by atoms with Crippen LogP contribution >= 0.6 is 0 Å². The minimum absolute atomic E-state index is 0.135. The summed E-state index contributed by atoms with van der Waals surface area (Å²) in [6, 6.07) is 1.82. The highest BCUT2D eigenvalue weighted by Gasteiger charge is 2.39. The molecule has 104 valence electrons. The van der Waals surface area contributed by atoms with Gasteiger partial charge in [0.1, 0.15) is 17.1 Å². The topological polar surface area (TPSA) is 57.5 Å². The largest absolute Gasteiger partial charge is 0.507 e. The SMILES string of the molecule is O=C(CC1CCC1)c1ccc(O)c(C(F)(F)F)c1O. The molecule has 6 heteroatoms. The molecule has 0 aromatic heterocycles. The van der Waals surface area contributed by atoms with Crippen LogP contribution in [0.2, 0.25) is 0 Å². The van der Waals surface area contributed by atoms with Gasteiger partial charge in [-0.25, -0.2) is 0 Å². The first-order valence-corrected chi connectivity index (χ1v) is 5.96. The zero-order valence-electron chi connectivity index (χ0n) is 10.00. The molecule has 1 aromatic rings. The van der Waals surface area contributed by atoms with Gasteiger partial charge >= 0.3 is 6.18 Å². The standard InChI is InChI=1S/C13H13F3O3/c14-13(15,16)11-9(17)5-4-8(12(11)19)10(18)6-7-2-1-3-7/h4-5,7,17,19H,1-3,6H2. The van der Waals surface area contributed by atoms with E-state index < -0.39 is 29.0 Å². The molecule has 0 saturated heterocycles. The zero-order chi connectivity index (χ0) is 14.2. The van der Waals surface area contributed by atoms with E-state index in [1.807, 2.05) is 0 Å². The first-order chi connectivity index (χ1) is 8.80. The molecule has 0 spiro atoms. The second-order valence-corrected chi connectivity index (χ2v) is 4.78. The summed E-state index contributed by atoms with van der Waals surface area (Å²) in [5.74, 6) is -2.59. The molecule has 2 rings (SSSR count). The second-order valence-electron chi connectivity index (χ2n) is 4.78. The fourth-order valence-corrected chi connectivity index (χ4v) is 2.15. The Balaban J connectivity index is 2.33. The van der Waals surface area contributed by atoms with Crippen molar-refractivity contribution in [2.75, 3.05) is 0 Å². The van der Waals surface area contributed by atoms with Gasteiger partial charge in [-0.15, -0.1) is 0 Å². The van der Waals surface area contributed by atoms with E-state index in [9.17, 15) is 28.2 Å². The molecule has 0 heterocycles. The Labute approximate surface area is 107 Å². The highest BCUT2D eigenvalue weighted by Crippen LogP contribution is 2.44. The number of carbonyl (C=O) groups excluding carboxylic acids is 1. The smallest absolute Gasteiger partial charge is 0.423 e. The van der Waals surface area contributed by atoms with Gasteiger partial charge in [0.15, 0.2) is 5.78 Å². The van der Waals surface area contributed by atoms with Crippen molar-refractivity contribution in [3.05, 3.63) is 23.3 Å². The lowest BCUT2D eigenvalue weighted by molar-refractivity contribution is -0.140. The van der Waals surface area contributed by atoms with Gasteiger partial charge in [-0.3, -0.25) is 4.79 Å². The lowest BCUT2D eigenvalue weighted by atomic mass is 9.80. The Hall–Kier alpha value is -1.72. The molecule has 0 unspecified atom stereocenters. The molecule has 19 heavy (non-hydrogen) atoms. The van der Waals surface area contributed by atoms with Crippen molar-refractivity contribution < 1.29 is 28.2 Å². The van der Waals surface area contributed by atoms with Crippen LogP contribution in [0.4, 0.5) is 13.2 Å². The highest BCUT2D eigenvalue weighted by molar-refractivity contribution is 5.99. The van der Waals surface area contributed by atoms with E-state index in [1.54, 1.807) is 0 Å². The Morgan fingerprint density at radius 3 is 2.37 bits per heavy atom. The summed E-state index contributed by atoms with van der Waals surface area (Å²) in [6.45, 7) is 0. The van der Waals surface area contributed by atoms with Gasteiger partial charge in [0.2, 0.25) is 0 Å². The molecule has 1 aromatic carbocycles. The summed E-state index contributed by atoms with van der Waals surface area (Å²) in [7, 11) is 0. The molecule has 1 fully saturated rings. The number of carbonyl (C=O) groups is 1. The quantitative estimate of drug-likeness (QED) is 0.829. The van der Waals surface area contributed by atoms with E-state index in [0.29, 0.717) is 0 Å². The molecule has 0 aliphatic heterocycles. The maximum absolute atomic E-state index is 12.7. The number of aromatic hydroxyl groups is 2. The van der Waals surface area contributed by atoms with Gasteiger partial charge in [-0.05, 0) is 18.1 Å². The van der Waals surface area contributed by atoms with Crippen LogP contribution in [0.5, 0.6) is 11.5 Å². The Morgan fingerprint density at radius 1 is 1.26 bits per heavy atom. The summed E-state index contributed by atoms with van der Waals surface area (Å²) >= 11 is 0. The van der Waals surface area contributed by atoms with Crippen LogP contribution in [-0.4, -0.2) is 16.0 Å². The van der Waals surface area contributed by atoms with Crippen molar-refractivity contribution in [3.63, 3.8) is 0 Å². The van der Waals surface area contributed by atoms with Crippen LogP contribution in [0.25, 0.3) is 0 Å². The normalized spacial score (nSPS) is 16.2. The third-order valence-corrected chi connectivity index (χ3v) is 3.44. The number of phenolic OH excluding ortho intramolecular Hbond substituents is 2. The Bertz CT molecular complexity index is 505. The van der Waals surface area contributed by atoms with E-state index in [2.05, 4.69) is 0 Å². The summed E-state index contributed by atoms with van der Waals surface area (Å²) in [5.41, 5.74) is -1.93. The molecule has 2 N–H and O–H groups in total. The Kier molecular flexibility index (Phi) is 3.43. The van der Waals surface area contributed by atoms with Crippen LogP contribution in [0.1, 0.15) is 41.6 Å². The number of ketones is 1. The van der Waals surface area contributed by atoms with Gasteiger partial charge < -0.3 is 10.2 Å². The van der Waals surface area contributed by atoms with Crippen molar-refractivity contribution >= 4 is 5.78 Å². The number of benzene rings is 1. The van der Waals surface area contributed by atoms with Crippen molar-refractivity contribution in [1.82, 2.24) is 0 Å². The second kappa shape index (κ2) is 4.75. The monoisotopic (exact) mass is 274 g/mol. The van der Waals surface area contributed by atoms with Gasteiger partial charge in [0.25, 0.3) is 0 Å². The molecule has 0 atom stereocenters. The van der Waals surface area contributed by atoms with Crippen LogP contribution in [0.3, 0.4) is 0 Å². The molecule has 0 bridgehead atoms. The van der Waals surface area contributed by atoms with Crippen molar-refractivity contribution in [1.29, 1.82) is 0 Å². The molecular weight excluding hydrogens is 261 g/mol. The van der Waals surface area contributed by atoms with Crippen molar-refractivity contribution in [3.8, 4) is 11.5 Å². The van der Waals surface area contributed by atoms with Gasteiger partial charge in [-0.2, -0.15) is 13.2 Å². The van der Waals surface area contributed by atoms with Crippen molar-refractivity contribution in [2.45, 2.75) is 31.9 Å². The number of rotatable bonds is 3. The molecule has 1 aliphatic rings. The van der Waals surface area contributed by atoms with Gasteiger partial charge in [-0.1, -0.05) is 19.3 Å². The maximum Gasteiger partial charge on any atom is 0.423 e. The predicted molar refractivity (Wildman–Crippen MR) is 61.1 cm³/mol. The number of hydrogen-bond donors (Lipinski definition) is 2. The Morgan fingerprint density at radius 2 is 1.89 bits per heavy atom. The minimum atomic E-state index is -4.90. The van der Waals surface area contributed by atoms with Crippen LogP contribution in [-0.2, 0) is 6.18 Å². The van der Waals surface area contributed by atoms with E-state index in [0.717, 1.165) is 31.4 Å².